The van der Waals surface area contributed by atoms with E-state index in [9.17, 15) is 0 Å². The van der Waals surface area contributed by atoms with Crippen LogP contribution < -0.4 is 5.32 Å². The van der Waals surface area contributed by atoms with Crippen molar-refractivity contribution in [3.05, 3.63) is 17.8 Å². The van der Waals surface area contributed by atoms with Crippen molar-refractivity contribution < 1.29 is 0 Å². The van der Waals surface area contributed by atoms with Gasteiger partial charge in [0.05, 0.1) is 6.20 Å². The van der Waals surface area contributed by atoms with Crippen molar-refractivity contribution in [3.63, 3.8) is 0 Å². The van der Waals surface area contributed by atoms with E-state index in [4.69, 9.17) is 0 Å². The predicted octanol–water partition coefficient (Wildman–Crippen LogP) is 3.41. The van der Waals surface area contributed by atoms with Crippen LogP contribution in [0, 0.1) is 18.8 Å². The number of aryl methyl sites for hydroxylation is 1. The zero-order chi connectivity index (χ0) is 12.1. The summed E-state index contributed by atoms with van der Waals surface area (Å²) in [6.45, 7) is 5.45. The third kappa shape index (κ3) is 3.99. The smallest absolute Gasteiger partial charge is 0.148 e. The first kappa shape index (κ1) is 12.3. The summed E-state index contributed by atoms with van der Waals surface area (Å²) in [5.41, 5.74) is 1.16. The Balaban J connectivity index is 1.72. The Labute approximate surface area is 104 Å². The molecule has 0 aliphatic heterocycles. The quantitative estimate of drug-likeness (QED) is 0.866. The standard InChI is InChI=1S/C14H23N3/c1-11-4-3-5-13(8-11)6-7-15-14-9-12(2)10-16-17-14/h9-11,13H,3-8H2,1-2H3,(H,15,17). The van der Waals surface area contributed by atoms with E-state index in [1.807, 2.05) is 6.92 Å². The molecule has 3 heteroatoms. The molecular weight excluding hydrogens is 210 g/mol. The summed E-state index contributed by atoms with van der Waals surface area (Å²) in [7, 11) is 0. The zero-order valence-corrected chi connectivity index (χ0v) is 10.9. The van der Waals surface area contributed by atoms with Gasteiger partial charge >= 0.3 is 0 Å². The third-order valence-electron chi connectivity index (χ3n) is 3.69. The van der Waals surface area contributed by atoms with Gasteiger partial charge in [-0.2, -0.15) is 5.10 Å². The summed E-state index contributed by atoms with van der Waals surface area (Å²) in [5, 5.41) is 11.4. The minimum Gasteiger partial charge on any atom is -0.369 e. The molecule has 1 fully saturated rings. The highest BCUT2D eigenvalue weighted by Gasteiger charge is 2.18. The summed E-state index contributed by atoms with van der Waals surface area (Å²) in [6, 6.07) is 2.05. The van der Waals surface area contributed by atoms with E-state index in [0.717, 1.165) is 29.8 Å². The van der Waals surface area contributed by atoms with Crippen LogP contribution in [0.1, 0.15) is 44.6 Å². The fourth-order valence-corrected chi connectivity index (χ4v) is 2.78. The van der Waals surface area contributed by atoms with E-state index in [1.54, 1.807) is 6.20 Å². The molecule has 2 atom stereocenters. The van der Waals surface area contributed by atoms with E-state index < -0.39 is 0 Å². The lowest BCUT2D eigenvalue weighted by Crippen LogP contribution is -2.17. The van der Waals surface area contributed by atoms with Gasteiger partial charge in [-0.3, -0.25) is 0 Å². The molecule has 0 bridgehead atoms. The topological polar surface area (TPSA) is 37.8 Å². The van der Waals surface area contributed by atoms with Gasteiger partial charge in [-0.25, -0.2) is 0 Å². The number of hydrogen-bond acceptors (Lipinski definition) is 3. The van der Waals surface area contributed by atoms with Crippen molar-refractivity contribution in [2.45, 2.75) is 46.0 Å². The number of aromatic nitrogens is 2. The fraction of sp³-hybridized carbons (Fsp3) is 0.714. The molecule has 1 saturated carbocycles. The molecule has 0 amide bonds. The highest BCUT2D eigenvalue weighted by molar-refractivity contribution is 5.34. The maximum Gasteiger partial charge on any atom is 0.148 e. The number of nitrogens with one attached hydrogen (secondary N) is 1. The zero-order valence-electron chi connectivity index (χ0n) is 10.9. The molecule has 3 nitrogen and oxygen atoms in total. The second-order valence-corrected chi connectivity index (χ2v) is 5.47. The Kier molecular flexibility index (Phi) is 4.35. The molecule has 17 heavy (non-hydrogen) atoms. The van der Waals surface area contributed by atoms with Crippen LogP contribution in [0.2, 0.25) is 0 Å². The van der Waals surface area contributed by atoms with Crippen molar-refractivity contribution in [1.82, 2.24) is 10.2 Å². The third-order valence-corrected chi connectivity index (χ3v) is 3.69. The molecule has 0 radical (unpaired) electrons. The average molecular weight is 233 g/mol. The van der Waals surface area contributed by atoms with Gasteiger partial charge in [-0.05, 0) is 43.2 Å². The Morgan fingerprint density at radius 3 is 3.06 bits per heavy atom. The number of rotatable bonds is 4. The Morgan fingerprint density at radius 2 is 2.29 bits per heavy atom. The number of hydrogen-bond donors (Lipinski definition) is 1. The summed E-state index contributed by atoms with van der Waals surface area (Å²) in [4.78, 5) is 0. The lowest BCUT2D eigenvalue weighted by atomic mass is 9.81. The average Bonchev–Trinajstić information content (AvgIpc) is 2.29. The largest absolute Gasteiger partial charge is 0.369 e. The van der Waals surface area contributed by atoms with Crippen molar-refractivity contribution in [2.75, 3.05) is 11.9 Å². The second-order valence-electron chi connectivity index (χ2n) is 5.47. The van der Waals surface area contributed by atoms with Gasteiger partial charge in [0.2, 0.25) is 0 Å². The maximum absolute atomic E-state index is 4.08. The van der Waals surface area contributed by atoms with Crippen LogP contribution in [0.3, 0.4) is 0 Å². The second kappa shape index (κ2) is 5.99. The summed E-state index contributed by atoms with van der Waals surface area (Å²) in [5.74, 6) is 2.74. The lowest BCUT2D eigenvalue weighted by molar-refractivity contribution is 0.274. The first-order valence-electron chi connectivity index (χ1n) is 6.77. The summed E-state index contributed by atoms with van der Waals surface area (Å²) >= 11 is 0. The van der Waals surface area contributed by atoms with Crippen molar-refractivity contribution in [1.29, 1.82) is 0 Å². The Hall–Kier alpha value is -1.12. The molecule has 1 aliphatic rings. The lowest BCUT2D eigenvalue weighted by Gasteiger charge is -2.26. The van der Waals surface area contributed by atoms with Gasteiger partial charge < -0.3 is 5.32 Å². The van der Waals surface area contributed by atoms with E-state index in [-0.39, 0.29) is 0 Å². The van der Waals surface area contributed by atoms with Gasteiger partial charge in [0.15, 0.2) is 0 Å². The van der Waals surface area contributed by atoms with Crippen LogP contribution in [0.25, 0.3) is 0 Å². The minimum absolute atomic E-state index is 0.906. The predicted molar refractivity (Wildman–Crippen MR) is 71.0 cm³/mol. The highest BCUT2D eigenvalue weighted by atomic mass is 15.2. The SMILES string of the molecule is Cc1cnnc(NCCC2CCCC(C)C2)c1. The minimum atomic E-state index is 0.906. The van der Waals surface area contributed by atoms with E-state index in [1.165, 1.54) is 32.1 Å². The molecule has 0 aromatic carbocycles. The molecule has 2 unspecified atom stereocenters. The molecule has 94 valence electrons. The molecule has 1 heterocycles. The number of nitrogens with zero attached hydrogens (tertiary/aromatic N) is 2. The maximum atomic E-state index is 4.08. The van der Waals surface area contributed by atoms with Crippen LogP contribution in [0.4, 0.5) is 5.82 Å². The van der Waals surface area contributed by atoms with Crippen LogP contribution in [0.15, 0.2) is 12.3 Å². The molecule has 2 rings (SSSR count). The van der Waals surface area contributed by atoms with Gasteiger partial charge in [-0.15, -0.1) is 5.10 Å². The Morgan fingerprint density at radius 1 is 1.41 bits per heavy atom. The highest BCUT2D eigenvalue weighted by Crippen LogP contribution is 2.30. The van der Waals surface area contributed by atoms with Crippen molar-refractivity contribution >= 4 is 5.82 Å². The molecular formula is C14H23N3. The molecule has 1 aromatic rings. The first-order chi connectivity index (χ1) is 8.24. The van der Waals surface area contributed by atoms with Gasteiger partial charge in [0.25, 0.3) is 0 Å². The van der Waals surface area contributed by atoms with Crippen LogP contribution in [0.5, 0.6) is 0 Å². The molecule has 0 saturated heterocycles. The van der Waals surface area contributed by atoms with E-state index in [2.05, 4.69) is 28.5 Å². The van der Waals surface area contributed by atoms with E-state index >= 15 is 0 Å². The van der Waals surface area contributed by atoms with Crippen molar-refractivity contribution in [2.24, 2.45) is 11.8 Å². The molecule has 1 aromatic heterocycles. The van der Waals surface area contributed by atoms with Gasteiger partial charge in [0, 0.05) is 6.54 Å². The van der Waals surface area contributed by atoms with Gasteiger partial charge in [-0.1, -0.05) is 26.2 Å². The molecule has 0 spiro atoms. The van der Waals surface area contributed by atoms with Crippen LogP contribution >= 0.6 is 0 Å². The summed E-state index contributed by atoms with van der Waals surface area (Å²) in [6.07, 6.45) is 8.70. The molecule has 1 aliphatic carbocycles. The van der Waals surface area contributed by atoms with Gasteiger partial charge in [0.1, 0.15) is 5.82 Å². The normalized spacial score (nSPS) is 24.6. The van der Waals surface area contributed by atoms with Crippen molar-refractivity contribution in [3.8, 4) is 0 Å². The summed E-state index contributed by atoms with van der Waals surface area (Å²) < 4.78 is 0. The fourth-order valence-electron chi connectivity index (χ4n) is 2.78. The molecule has 1 N–H and O–H groups in total. The Bertz CT molecular complexity index is 351. The first-order valence-corrected chi connectivity index (χ1v) is 6.77. The van der Waals surface area contributed by atoms with Crippen LogP contribution in [-0.4, -0.2) is 16.7 Å². The van der Waals surface area contributed by atoms with Crippen LogP contribution in [-0.2, 0) is 0 Å². The van der Waals surface area contributed by atoms with E-state index in [0.29, 0.717) is 0 Å². The number of anilines is 1. The monoisotopic (exact) mass is 233 g/mol.